The van der Waals surface area contributed by atoms with Crippen LogP contribution in [0.25, 0.3) is 0 Å². The molecule has 1 saturated heterocycles. The molecular formula is C33H65NO10. The SMILES string of the molecule is CCCCCCCCCCCCC(O)C(=O)NC(COC1OC(CO)C(O)C(O)C1O)C(O)C(O)CCCCCCCCC. The van der Waals surface area contributed by atoms with Crippen molar-refractivity contribution in [3.63, 3.8) is 0 Å². The lowest BCUT2D eigenvalue weighted by Crippen LogP contribution is -2.60. The van der Waals surface area contributed by atoms with Crippen molar-refractivity contribution in [1.29, 1.82) is 0 Å². The number of nitrogens with one attached hydrogen (secondary N) is 1. The Hall–Kier alpha value is -0.890. The number of hydrogen-bond donors (Lipinski definition) is 8. The highest BCUT2D eigenvalue weighted by molar-refractivity contribution is 5.80. The topological polar surface area (TPSA) is 189 Å². The van der Waals surface area contributed by atoms with Crippen molar-refractivity contribution in [1.82, 2.24) is 5.32 Å². The molecule has 44 heavy (non-hydrogen) atoms. The van der Waals surface area contributed by atoms with E-state index in [1.807, 2.05) is 0 Å². The molecule has 11 heteroatoms. The van der Waals surface area contributed by atoms with Crippen molar-refractivity contribution in [2.75, 3.05) is 13.2 Å². The van der Waals surface area contributed by atoms with Crippen molar-refractivity contribution in [2.24, 2.45) is 0 Å². The van der Waals surface area contributed by atoms with Crippen molar-refractivity contribution in [2.45, 2.75) is 191 Å². The van der Waals surface area contributed by atoms with Crippen LogP contribution in [0.1, 0.15) is 136 Å². The lowest BCUT2D eigenvalue weighted by Gasteiger charge is -2.40. The second kappa shape index (κ2) is 25.2. The second-order valence-corrected chi connectivity index (χ2v) is 12.6. The molecule has 0 spiro atoms. The average Bonchev–Trinajstić information content (AvgIpc) is 3.02. The van der Waals surface area contributed by atoms with E-state index in [-0.39, 0.29) is 6.42 Å². The van der Waals surface area contributed by atoms with Gasteiger partial charge in [-0.1, -0.05) is 123 Å². The number of carbonyl (C=O) groups is 1. The molecule has 1 aliphatic heterocycles. The Balaban J connectivity index is 2.63. The van der Waals surface area contributed by atoms with Gasteiger partial charge in [0.25, 0.3) is 0 Å². The van der Waals surface area contributed by atoms with E-state index < -0.39 is 74.2 Å². The smallest absolute Gasteiger partial charge is 0.249 e. The Morgan fingerprint density at radius 2 is 1.18 bits per heavy atom. The molecule has 0 aliphatic carbocycles. The van der Waals surface area contributed by atoms with E-state index in [1.165, 1.54) is 51.4 Å². The molecule has 0 aromatic rings. The molecule has 1 heterocycles. The minimum atomic E-state index is -1.65. The first-order valence-electron chi connectivity index (χ1n) is 17.4. The summed E-state index contributed by atoms with van der Waals surface area (Å²) >= 11 is 0. The first-order chi connectivity index (χ1) is 21.2. The first-order valence-corrected chi connectivity index (χ1v) is 17.4. The zero-order valence-electron chi connectivity index (χ0n) is 27.4. The van der Waals surface area contributed by atoms with E-state index in [2.05, 4.69) is 19.2 Å². The predicted molar refractivity (Wildman–Crippen MR) is 169 cm³/mol. The molecule has 0 aromatic heterocycles. The number of hydrogen-bond acceptors (Lipinski definition) is 10. The number of rotatable bonds is 27. The fourth-order valence-corrected chi connectivity index (χ4v) is 5.61. The van der Waals surface area contributed by atoms with Crippen LogP contribution in [0.4, 0.5) is 0 Å². The largest absolute Gasteiger partial charge is 0.394 e. The molecule has 0 aromatic carbocycles. The van der Waals surface area contributed by atoms with Gasteiger partial charge in [-0.25, -0.2) is 0 Å². The molecule has 1 rings (SSSR count). The fraction of sp³-hybridized carbons (Fsp3) is 0.970. The van der Waals surface area contributed by atoms with Crippen LogP contribution in [0.5, 0.6) is 0 Å². The van der Waals surface area contributed by atoms with Gasteiger partial charge in [0.1, 0.15) is 36.6 Å². The van der Waals surface area contributed by atoms with E-state index in [1.54, 1.807) is 0 Å². The third-order valence-electron chi connectivity index (χ3n) is 8.66. The van der Waals surface area contributed by atoms with Gasteiger partial charge in [-0.15, -0.1) is 0 Å². The van der Waals surface area contributed by atoms with Crippen molar-refractivity contribution in [3.05, 3.63) is 0 Å². The Morgan fingerprint density at radius 1 is 0.705 bits per heavy atom. The zero-order chi connectivity index (χ0) is 32.7. The lowest BCUT2D eigenvalue weighted by molar-refractivity contribution is -0.303. The molecule has 0 saturated carbocycles. The van der Waals surface area contributed by atoms with Gasteiger partial charge in [0.05, 0.1) is 25.4 Å². The number of unbranched alkanes of at least 4 members (excludes halogenated alkanes) is 15. The maximum atomic E-state index is 12.9. The van der Waals surface area contributed by atoms with Gasteiger partial charge in [-0.2, -0.15) is 0 Å². The highest BCUT2D eigenvalue weighted by atomic mass is 16.7. The second-order valence-electron chi connectivity index (χ2n) is 12.6. The van der Waals surface area contributed by atoms with Gasteiger partial charge in [-0.3, -0.25) is 4.79 Å². The Morgan fingerprint density at radius 3 is 1.68 bits per heavy atom. The van der Waals surface area contributed by atoms with Crippen LogP contribution in [-0.2, 0) is 14.3 Å². The van der Waals surface area contributed by atoms with Crippen LogP contribution in [0, 0.1) is 0 Å². The zero-order valence-corrected chi connectivity index (χ0v) is 27.4. The summed E-state index contributed by atoms with van der Waals surface area (Å²) in [4.78, 5) is 12.9. The average molecular weight is 636 g/mol. The van der Waals surface area contributed by atoms with Gasteiger partial charge in [0, 0.05) is 0 Å². The van der Waals surface area contributed by atoms with Crippen molar-refractivity contribution < 1.29 is 50.0 Å². The van der Waals surface area contributed by atoms with Crippen LogP contribution in [0.3, 0.4) is 0 Å². The Bertz CT molecular complexity index is 699. The monoisotopic (exact) mass is 635 g/mol. The predicted octanol–water partition coefficient (Wildman–Crippen LogP) is 2.82. The summed E-state index contributed by atoms with van der Waals surface area (Å²) in [6.07, 6.45) is 7.74. The summed E-state index contributed by atoms with van der Waals surface area (Å²) in [5.74, 6) is -0.703. The summed E-state index contributed by atoms with van der Waals surface area (Å²) in [6, 6.07) is -1.16. The van der Waals surface area contributed by atoms with E-state index in [9.17, 15) is 40.5 Å². The van der Waals surface area contributed by atoms with Crippen LogP contribution >= 0.6 is 0 Å². The van der Waals surface area contributed by atoms with Crippen LogP contribution < -0.4 is 5.32 Å². The number of aliphatic hydroxyl groups excluding tert-OH is 7. The molecule has 262 valence electrons. The summed E-state index contributed by atoms with van der Waals surface area (Å²) in [7, 11) is 0. The molecule has 9 unspecified atom stereocenters. The molecular weight excluding hydrogens is 570 g/mol. The van der Waals surface area contributed by atoms with Crippen LogP contribution in [0.2, 0.25) is 0 Å². The minimum Gasteiger partial charge on any atom is -0.394 e. The van der Waals surface area contributed by atoms with E-state index >= 15 is 0 Å². The minimum absolute atomic E-state index is 0.263. The number of aliphatic hydroxyl groups is 7. The third-order valence-corrected chi connectivity index (χ3v) is 8.66. The van der Waals surface area contributed by atoms with E-state index in [0.29, 0.717) is 19.3 Å². The molecule has 0 bridgehead atoms. The van der Waals surface area contributed by atoms with Gasteiger partial charge >= 0.3 is 0 Å². The summed E-state index contributed by atoms with van der Waals surface area (Å²) < 4.78 is 11.0. The maximum Gasteiger partial charge on any atom is 0.249 e. The molecule has 9 atom stereocenters. The highest BCUT2D eigenvalue weighted by Crippen LogP contribution is 2.23. The highest BCUT2D eigenvalue weighted by Gasteiger charge is 2.44. The van der Waals surface area contributed by atoms with Gasteiger partial charge in [0.2, 0.25) is 5.91 Å². The van der Waals surface area contributed by atoms with Crippen LogP contribution in [-0.4, -0.2) is 110 Å². The summed E-state index contributed by atoms with van der Waals surface area (Å²) in [5.41, 5.74) is 0. The number of ether oxygens (including phenoxy) is 2. The Kier molecular flexibility index (Phi) is 23.6. The number of carbonyl (C=O) groups excluding carboxylic acids is 1. The molecule has 0 radical (unpaired) electrons. The van der Waals surface area contributed by atoms with Gasteiger partial charge in [0.15, 0.2) is 6.29 Å². The summed E-state index contributed by atoms with van der Waals surface area (Å²) in [5, 5.41) is 74.6. The van der Waals surface area contributed by atoms with Gasteiger partial charge in [-0.05, 0) is 12.8 Å². The number of amides is 1. The van der Waals surface area contributed by atoms with Crippen molar-refractivity contribution in [3.8, 4) is 0 Å². The van der Waals surface area contributed by atoms with Gasteiger partial charge < -0.3 is 50.5 Å². The van der Waals surface area contributed by atoms with E-state index in [0.717, 1.165) is 44.9 Å². The molecule has 1 amide bonds. The quantitative estimate of drug-likeness (QED) is 0.0623. The Labute approximate surface area is 265 Å². The molecule has 1 aliphatic rings. The van der Waals surface area contributed by atoms with Crippen molar-refractivity contribution >= 4 is 5.91 Å². The fourth-order valence-electron chi connectivity index (χ4n) is 5.61. The summed E-state index contributed by atoms with van der Waals surface area (Å²) in [6.45, 7) is 3.31. The molecule has 11 nitrogen and oxygen atoms in total. The van der Waals surface area contributed by atoms with Crippen LogP contribution in [0.15, 0.2) is 0 Å². The maximum absolute atomic E-state index is 12.9. The third kappa shape index (κ3) is 16.6. The standard InChI is InChI=1S/C33H65NO10/c1-3-5-7-9-11-12-13-15-17-19-21-26(37)32(42)34-24(28(38)25(36)20-18-16-14-10-8-6-4-2)23-43-33-31(41)30(40)29(39)27(22-35)44-33/h24-31,33,35-41H,3-23H2,1-2H3,(H,34,42). The molecule has 8 N–H and O–H groups in total. The normalized spacial score (nSPS) is 25.0. The van der Waals surface area contributed by atoms with E-state index in [4.69, 9.17) is 9.47 Å². The molecule has 1 fully saturated rings. The first kappa shape index (κ1) is 41.1. The lowest BCUT2D eigenvalue weighted by atomic mass is 9.98.